The molecule has 3 aromatic rings. The fourth-order valence-corrected chi connectivity index (χ4v) is 9.87. The van der Waals surface area contributed by atoms with Gasteiger partial charge in [0.25, 0.3) is 5.92 Å². The Morgan fingerprint density at radius 1 is 1.07 bits per heavy atom. The summed E-state index contributed by atoms with van der Waals surface area (Å²) in [6.45, 7) is 3.61. The summed E-state index contributed by atoms with van der Waals surface area (Å²) in [4.78, 5) is 33.8. The highest BCUT2D eigenvalue weighted by molar-refractivity contribution is 8.20. The van der Waals surface area contributed by atoms with Gasteiger partial charge in [-0.05, 0) is 60.8 Å². The molecule has 4 atom stereocenters. The molecule has 0 radical (unpaired) electrons. The van der Waals surface area contributed by atoms with E-state index in [-0.39, 0.29) is 53.4 Å². The highest BCUT2D eigenvalue weighted by atomic mass is 32.2. The first-order chi connectivity index (χ1) is 21.1. The Balaban J connectivity index is 1.60. The van der Waals surface area contributed by atoms with Gasteiger partial charge in [-0.15, -0.1) is 0 Å². The summed E-state index contributed by atoms with van der Waals surface area (Å²) in [6.07, 6.45) is -5.40. The van der Waals surface area contributed by atoms with Crippen LogP contribution in [0.5, 0.6) is 0 Å². The predicted octanol–water partition coefficient (Wildman–Crippen LogP) is 6.99. The number of carbonyl (C=O) groups is 1. The average Bonchev–Trinajstić information content (AvgIpc) is 3.12. The van der Waals surface area contributed by atoms with E-state index >= 15 is 0 Å². The number of thiol groups is 1. The third kappa shape index (κ3) is 5.88. The largest absolute Gasteiger partial charge is 0.465 e. The second kappa shape index (κ2) is 11.3. The molecule has 2 aromatic carbocycles. The van der Waals surface area contributed by atoms with Crippen molar-refractivity contribution in [2.24, 2.45) is 0 Å². The minimum absolute atomic E-state index is 0.000923. The van der Waals surface area contributed by atoms with Crippen LogP contribution in [0.15, 0.2) is 57.1 Å². The maximum atomic E-state index is 14.5. The number of amides is 1. The Labute approximate surface area is 257 Å². The Bertz CT molecular complexity index is 1730. The molecule has 0 spiro atoms. The normalized spacial score (nSPS) is 26.0. The highest BCUT2D eigenvalue weighted by Gasteiger charge is 2.40. The number of carboxylic acid groups (broad SMARTS) is 1. The van der Waals surface area contributed by atoms with Crippen LogP contribution in [0.25, 0.3) is 10.9 Å². The zero-order chi connectivity index (χ0) is 32.4. The first kappa shape index (κ1) is 31.3. The zero-order valence-electron chi connectivity index (χ0n) is 24.5. The summed E-state index contributed by atoms with van der Waals surface area (Å²) in [5, 5.41) is 9.78. The van der Waals surface area contributed by atoms with Crippen LogP contribution in [-0.4, -0.2) is 62.5 Å². The zero-order valence-corrected chi connectivity index (χ0v) is 25.4. The van der Waals surface area contributed by atoms with Gasteiger partial charge in [-0.2, -0.15) is 18.2 Å². The van der Waals surface area contributed by atoms with Gasteiger partial charge in [0.1, 0.15) is 11.6 Å². The van der Waals surface area contributed by atoms with Gasteiger partial charge in [0.05, 0.1) is 23.2 Å². The molecule has 1 N–H and O–H groups in total. The van der Waals surface area contributed by atoms with Crippen LogP contribution in [0.1, 0.15) is 50.2 Å². The van der Waals surface area contributed by atoms with Crippen molar-refractivity contribution in [3.63, 3.8) is 0 Å². The van der Waals surface area contributed by atoms with Gasteiger partial charge < -0.3 is 10.0 Å². The molecule has 0 bridgehead atoms. The van der Waals surface area contributed by atoms with Gasteiger partial charge >= 0.3 is 18.0 Å². The molecular formula is C31H32F6N4O3S. The van der Waals surface area contributed by atoms with Gasteiger partial charge in [0.2, 0.25) is 0 Å². The van der Waals surface area contributed by atoms with Crippen molar-refractivity contribution in [1.29, 1.82) is 0 Å². The lowest BCUT2D eigenvalue weighted by Crippen LogP contribution is -2.58. The fourth-order valence-electron chi connectivity index (χ4n) is 6.87. The average molecular weight is 655 g/mol. The van der Waals surface area contributed by atoms with E-state index in [1.165, 1.54) is 27.7 Å². The van der Waals surface area contributed by atoms with Crippen LogP contribution in [0.2, 0.25) is 0 Å². The lowest BCUT2D eigenvalue weighted by Gasteiger charge is -2.43. The van der Waals surface area contributed by atoms with Crippen molar-refractivity contribution in [2.75, 3.05) is 23.7 Å². The van der Waals surface area contributed by atoms with Crippen molar-refractivity contribution in [3.05, 3.63) is 74.8 Å². The molecule has 7 nitrogen and oxygen atoms in total. The molecule has 3 unspecified atom stereocenters. The van der Waals surface area contributed by atoms with E-state index in [0.717, 1.165) is 12.1 Å². The number of rotatable bonds is 3. The van der Waals surface area contributed by atoms with Crippen LogP contribution in [0.4, 0.5) is 37.0 Å². The topological polar surface area (TPSA) is 78.7 Å². The number of hydrogen-bond donors (Lipinski definition) is 2. The molecule has 6 rings (SSSR count). The minimum atomic E-state index is -4.76. The summed E-state index contributed by atoms with van der Waals surface area (Å²) < 4.78 is 87.2. The lowest BCUT2D eigenvalue weighted by molar-refractivity contribution is -0.137. The molecule has 0 saturated carbocycles. The molecule has 1 fully saturated rings. The summed E-state index contributed by atoms with van der Waals surface area (Å²) in [6, 6.07) is 6.63. The monoisotopic (exact) mass is 654 g/mol. The molecule has 242 valence electrons. The van der Waals surface area contributed by atoms with Crippen molar-refractivity contribution in [2.45, 2.75) is 74.7 Å². The lowest BCUT2D eigenvalue weighted by atomic mass is 10.0. The van der Waals surface area contributed by atoms with Crippen LogP contribution in [0, 0.1) is 5.82 Å². The molecule has 2 aliphatic heterocycles. The van der Waals surface area contributed by atoms with Crippen LogP contribution in [-0.2, 0) is 12.7 Å². The smallest absolute Gasteiger partial charge is 0.416 e. The Morgan fingerprint density at radius 2 is 1.73 bits per heavy atom. The molecule has 1 aromatic heterocycles. The van der Waals surface area contributed by atoms with E-state index in [9.17, 15) is 41.0 Å². The minimum Gasteiger partial charge on any atom is -0.465 e. The number of allylic oxidation sites excluding steroid dienone is 2. The second-order valence-electron chi connectivity index (χ2n) is 12.1. The standard InChI is InChI=1S/C31H32F6N4O3S/c1-17-13-39(14-18(2)41(17)29(43)44)27-24-11-21(31(35,36)37)12-25-26(24)40(28(42)38-27)15-20(19-3-5-22(32)6-4-19)16-45(25)23-7-9-30(33,34)10-8-23/h3-7,11-12,17-18,20,45H,8-10,13-16H2,1-2H3,(H,43,44)/t17?,18?,20-/m0/s1. The second-order valence-corrected chi connectivity index (χ2v) is 14.4. The van der Waals surface area contributed by atoms with E-state index in [2.05, 4.69) is 4.98 Å². The number of alkyl halides is 5. The van der Waals surface area contributed by atoms with Crippen molar-refractivity contribution in [1.82, 2.24) is 14.5 Å². The fraction of sp³-hybridized carbons (Fsp3) is 0.452. The van der Waals surface area contributed by atoms with E-state index in [4.69, 9.17) is 0 Å². The van der Waals surface area contributed by atoms with Crippen molar-refractivity contribution < 1.29 is 36.2 Å². The number of hydrogen-bond acceptors (Lipinski definition) is 4. The third-order valence-electron chi connectivity index (χ3n) is 8.97. The summed E-state index contributed by atoms with van der Waals surface area (Å²) in [7, 11) is -1.63. The van der Waals surface area contributed by atoms with Crippen molar-refractivity contribution in [3.8, 4) is 0 Å². The molecule has 3 aliphatic rings. The van der Waals surface area contributed by atoms with Gasteiger partial charge in [0, 0.05) is 48.7 Å². The van der Waals surface area contributed by atoms with E-state index < -0.39 is 77.0 Å². The van der Waals surface area contributed by atoms with Crippen molar-refractivity contribution >= 4 is 33.7 Å². The van der Waals surface area contributed by atoms with E-state index in [1.807, 2.05) is 0 Å². The summed E-state index contributed by atoms with van der Waals surface area (Å²) in [5.41, 5.74) is -0.690. The molecule has 1 saturated heterocycles. The third-order valence-corrected chi connectivity index (χ3v) is 11.8. The molecule has 1 aliphatic carbocycles. The van der Waals surface area contributed by atoms with Gasteiger partial charge in [-0.1, -0.05) is 18.2 Å². The first-order valence-electron chi connectivity index (χ1n) is 14.6. The van der Waals surface area contributed by atoms with Gasteiger partial charge in [-0.3, -0.25) is 9.47 Å². The Hall–Kier alpha value is -3.68. The quantitative estimate of drug-likeness (QED) is 0.235. The number of nitrogens with zero attached hydrogens (tertiary/aromatic N) is 4. The van der Waals surface area contributed by atoms with E-state index in [1.54, 1.807) is 30.9 Å². The number of benzene rings is 2. The van der Waals surface area contributed by atoms with Gasteiger partial charge in [0.15, 0.2) is 0 Å². The predicted molar refractivity (Wildman–Crippen MR) is 160 cm³/mol. The first-order valence-corrected chi connectivity index (χ1v) is 16.2. The summed E-state index contributed by atoms with van der Waals surface area (Å²) >= 11 is 0. The van der Waals surface area contributed by atoms with E-state index in [0.29, 0.717) is 10.5 Å². The Morgan fingerprint density at radius 3 is 2.31 bits per heavy atom. The molecular weight excluding hydrogens is 622 g/mol. The van der Waals surface area contributed by atoms with Crippen LogP contribution >= 0.6 is 10.9 Å². The molecule has 45 heavy (non-hydrogen) atoms. The number of aromatic nitrogens is 2. The maximum absolute atomic E-state index is 14.5. The molecule has 1 amide bonds. The maximum Gasteiger partial charge on any atom is 0.416 e. The summed E-state index contributed by atoms with van der Waals surface area (Å²) in [5.74, 6) is -3.52. The SMILES string of the molecule is CC1CN(c2nc(=O)n3c4c(cc(C(F)(F)F)cc24)[SH](C2=CCC(F)(F)CC2)C[C@@H](c2ccc(F)cc2)C3)CC(C)N1C(=O)O. The Kier molecular flexibility index (Phi) is 7.85. The number of halogens is 6. The highest BCUT2D eigenvalue weighted by Crippen LogP contribution is 2.56. The van der Waals surface area contributed by atoms with Gasteiger partial charge in [-0.25, -0.2) is 33.7 Å². The van der Waals surface area contributed by atoms with Crippen LogP contribution < -0.4 is 10.6 Å². The van der Waals surface area contributed by atoms with Crippen LogP contribution in [0.3, 0.4) is 0 Å². The molecule has 14 heteroatoms. The number of anilines is 1. The molecule has 3 heterocycles. The number of piperazine rings is 1.